The van der Waals surface area contributed by atoms with Crippen LogP contribution >= 0.6 is 0 Å². The van der Waals surface area contributed by atoms with E-state index in [2.05, 4.69) is 0 Å². The van der Waals surface area contributed by atoms with Crippen LogP contribution in [0, 0.1) is 10.1 Å². The van der Waals surface area contributed by atoms with Gasteiger partial charge in [0, 0.05) is 4.92 Å². The zero-order valence-electron chi connectivity index (χ0n) is 13.5. The lowest BCUT2D eigenvalue weighted by atomic mass is 10.1. The molecule has 2 aromatic carbocycles. The van der Waals surface area contributed by atoms with Crippen molar-refractivity contribution in [3.8, 4) is 5.75 Å². The predicted molar refractivity (Wildman–Crippen MR) is 89.5 cm³/mol. The van der Waals surface area contributed by atoms with Crippen molar-refractivity contribution >= 4 is 0 Å². The number of rotatable bonds is 9. The first kappa shape index (κ1) is 17.9. The third kappa shape index (κ3) is 5.98. The maximum atomic E-state index is 10.5. The fourth-order valence-electron chi connectivity index (χ4n) is 2.23. The molecule has 2 rings (SSSR count). The van der Waals surface area contributed by atoms with Gasteiger partial charge in [-0.25, -0.2) is 0 Å². The Morgan fingerprint density at radius 3 is 2.62 bits per heavy atom. The number of nitro groups is 1. The normalized spacial score (nSPS) is 13.2. The van der Waals surface area contributed by atoms with E-state index in [-0.39, 0.29) is 6.10 Å². The van der Waals surface area contributed by atoms with Crippen molar-refractivity contribution in [2.75, 3.05) is 13.2 Å². The molecule has 6 heteroatoms. The third-order valence-electron chi connectivity index (χ3n) is 3.37. The van der Waals surface area contributed by atoms with Gasteiger partial charge in [0.15, 0.2) is 0 Å². The zero-order chi connectivity index (χ0) is 17.4. The minimum atomic E-state index is -1.15. The molecular formula is C18H21NO5. The summed E-state index contributed by atoms with van der Waals surface area (Å²) >= 11 is 0. The number of hydrogen-bond acceptors (Lipinski definition) is 5. The first-order valence-corrected chi connectivity index (χ1v) is 7.72. The molecule has 0 fully saturated rings. The van der Waals surface area contributed by atoms with Crippen LogP contribution in [0.2, 0.25) is 0 Å². The number of ether oxygens (including phenoxy) is 2. The van der Waals surface area contributed by atoms with Gasteiger partial charge >= 0.3 is 0 Å². The molecule has 2 atom stereocenters. The van der Waals surface area contributed by atoms with E-state index < -0.39 is 17.6 Å². The van der Waals surface area contributed by atoms with E-state index in [4.69, 9.17) is 9.47 Å². The Hall–Kier alpha value is -2.44. The van der Waals surface area contributed by atoms with Crippen LogP contribution in [0.25, 0.3) is 0 Å². The molecule has 0 bridgehead atoms. The Kier molecular flexibility index (Phi) is 6.72. The van der Waals surface area contributed by atoms with Crippen LogP contribution in [-0.2, 0) is 11.3 Å². The summed E-state index contributed by atoms with van der Waals surface area (Å²) in [5.74, 6) is 0.547. The largest absolute Gasteiger partial charge is 0.488 e. The summed E-state index contributed by atoms with van der Waals surface area (Å²) in [6.45, 7) is 2.27. The standard InChI is InChI=1S/C18H21NO5/c1-14(12-23-13-15-6-3-2-4-7-15)24-17-9-5-8-16(10-17)18(20)11-19(21)22/h2-10,14,18,20H,11-13H2,1H3/t14-,18-/m1/s1. The van der Waals surface area contributed by atoms with E-state index in [9.17, 15) is 15.2 Å². The van der Waals surface area contributed by atoms with Gasteiger partial charge in [-0.15, -0.1) is 0 Å². The highest BCUT2D eigenvalue weighted by Gasteiger charge is 2.15. The Bertz CT molecular complexity index is 647. The number of aliphatic hydroxyl groups is 1. The van der Waals surface area contributed by atoms with E-state index in [0.717, 1.165) is 5.56 Å². The van der Waals surface area contributed by atoms with Crippen LogP contribution in [0.15, 0.2) is 54.6 Å². The Morgan fingerprint density at radius 1 is 1.17 bits per heavy atom. The van der Waals surface area contributed by atoms with E-state index >= 15 is 0 Å². The SMILES string of the molecule is C[C@H](COCc1ccccc1)Oc1cccc([C@H](O)C[N+](=O)[O-])c1. The third-order valence-corrected chi connectivity index (χ3v) is 3.37. The van der Waals surface area contributed by atoms with Crippen LogP contribution < -0.4 is 4.74 Å². The fourth-order valence-corrected chi connectivity index (χ4v) is 2.23. The first-order valence-electron chi connectivity index (χ1n) is 7.72. The topological polar surface area (TPSA) is 81.8 Å². The molecule has 0 amide bonds. The Labute approximate surface area is 140 Å². The molecule has 0 aliphatic carbocycles. The Morgan fingerprint density at radius 2 is 1.92 bits per heavy atom. The summed E-state index contributed by atoms with van der Waals surface area (Å²) in [6.07, 6.45) is -1.33. The van der Waals surface area contributed by atoms with Crippen molar-refractivity contribution in [1.29, 1.82) is 0 Å². The molecule has 128 valence electrons. The smallest absolute Gasteiger partial charge is 0.233 e. The van der Waals surface area contributed by atoms with Gasteiger partial charge in [-0.3, -0.25) is 10.1 Å². The van der Waals surface area contributed by atoms with Crippen molar-refractivity contribution in [3.05, 3.63) is 75.8 Å². The number of benzene rings is 2. The molecule has 0 aliphatic rings. The molecule has 0 aromatic heterocycles. The van der Waals surface area contributed by atoms with E-state index in [1.54, 1.807) is 24.3 Å². The molecule has 24 heavy (non-hydrogen) atoms. The second-order valence-corrected chi connectivity index (χ2v) is 5.53. The Balaban J connectivity index is 1.82. The van der Waals surface area contributed by atoms with Gasteiger partial charge in [0.05, 0.1) is 13.2 Å². The van der Waals surface area contributed by atoms with Gasteiger partial charge in [-0.2, -0.15) is 0 Å². The van der Waals surface area contributed by atoms with Crippen molar-refractivity contribution in [2.45, 2.75) is 25.7 Å². The summed E-state index contributed by atoms with van der Waals surface area (Å²) in [7, 11) is 0. The highest BCUT2D eigenvalue weighted by Crippen LogP contribution is 2.20. The lowest BCUT2D eigenvalue weighted by Gasteiger charge is -2.16. The molecule has 0 heterocycles. The highest BCUT2D eigenvalue weighted by molar-refractivity contribution is 5.30. The second kappa shape index (κ2) is 9.00. The molecule has 0 unspecified atom stereocenters. The van der Waals surface area contributed by atoms with Crippen LogP contribution in [0.3, 0.4) is 0 Å². The van der Waals surface area contributed by atoms with Gasteiger partial charge in [-0.05, 0) is 30.2 Å². The molecule has 0 spiro atoms. The van der Waals surface area contributed by atoms with Crippen molar-refractivity contribution < 1.29 is 19.5 Å². The van der Waals surface area contributed by atoms with Crippen molar-refractivity contribution in [1.82, 2.24) is 0 Å². The van der Waals surface area contributed by atoms with Crippen LogP contribution in [0.1, 0.15) is 24.2 Å². The fraction of sp³-hybridized carbons (Fsp3) is 0.333. The van der Waals surface area contributed by atoms with Crippen LogP contribution in [0.4, 0.5) is 0 Å². The zero-order valence-corrected chi connectivity index (χ0v) is 13.5. The van der Waals surface area contributed by atoms with Gasteiger partial charge in [0.25, 0.3) is 0 Å². The molecule has 0 saturated heterocycles. The average Bonchev–Trinajstić information content (AvgIpc) is 2.55. The highest BCUT2D eigenvalue weighted by atomic mass is 16.6. The van der Waals surface area contributed by atoms with Crippen LogP contribution in [0.5, 0.6) is 5.75 Å². The average molecular weight is 331 g/mol. The molecule has 6 nitrogen and oxygen atoms in total. The number of hydrogen-bond donors (Lipinski definition) is 1. The lowest BCUT2D eigenvalue weighted by Crippen LogP contribution is -2.19. The van der Waals surface area contributed by atoms with Gasteiger partial charge in [0.1, 0.15) is 18.0 Å². The van der Waals surface area contributed by atoms with E-state index in [1.165, 1.54) is 0 Å². The van der Waals surface area contributed by atoms with Gasteiger partial charge in [0.2, 0.25) is 6.54 Å². The second-order valence-electron chi connectivity index (χ2n) is 5.53. The minimum Gasteiger partial charge on any atom is -0.488 e. The predicted octanol–water partition coefficient (Wildman–Crippen LogP) is 2.98. The van der Waals surface area contributed by atoms with Crippen LogP contribution in [-0.4, -0.2) is 29.3 Å². The quantitative estimate of drug-likeness (QED) is 0.564. The lowest BCUT2D eigenvalue weighted by molar-refractivity contribution is -0.491. The number of nitrogens with zero attached hydrogens (tertiary/aromatic N) is 1. The molecule has 0 saturated carbocycles. The molecule has 0 radical (unpaired) electrons. The molecule has 1 N–H and O–H groups in total. The van der Waals surface area contributed by atoms with Gasteiger partial charge in [-0.1, -0.05) is 42.5 Å². The molecule has 2 aromatic rings. The summed E-state index contributed by atoms with van der Waals surface area (Å²) in [5.41, 5.74) is 1.55. The number of aliphatic hydroxyl groups excluding tert-OH is 1. The maximum absolute atomic E-state index is 10.5. The molecular weight excluding hydrogens is 310 g/mol. The maximum Gasteiger partial charge on any atom is 0.233 e. The summed E-state index contributed by atoms with van der Waals surface area (Å²) in [6, 6.07) is 16.6. The summed E-state index contributed by atoms with van der Waals surface area (Å²) in [5, 5.41) is 20.3. The minimum absolute atomic E-state index is 0.184. The van der Waals surface area contributed by atoms with Crippen molar-refractivity contribution in [2.24, 2.45) is 0 Å². The summed E-state index contributed by atoms with van der Waals surface area (Å²) < 4.78 is 11.4. The van der Waals surface area contributed by atoms with E-state index in [1.807, 2.05) is 37.3 Å². The molecule has 0 aliphatic heterocycles. The monoisotopic (exact) mass is 331 g/mol. The van der Waals surface area contributed by atoms with Crippen molar-refractivity contribution in [3.63, 3.8) is 0 Å². The van der Waals surface area contributed by atoms with Gasteiger partial charge < -0.3 is 14.6 Å². The first-order chi connectivity index (χ1) is 11.5. The summed E-state index contributed by atoms with van der Waals surface area (Å²) in [4.78, 5) is 9.94. The van der Waals surface area contributed by atoms with E-state index in [0.29, 0.717) is 24.5 Å².